The van der Waals surface area contributed by atoms with E-state index in [9.17, 15) is 9.90 Å². The molecule has 0 saturated heterocycles. The number of ether oxygens (including phenoxy) is 1. The number of aliphatic hydroxyl groups excluding tert-OH is 1. The lowest BCUT2D eigenvalue weighted by molar-refractivity contribution is 0.0480. The molecule has 3 heterocycles. The van der Waals surface area contributed by atoms with Gasteiger partial charge < -0.3 is 30.0 Å². The fraction of sp³-hybridized carbons (Fsp3) is 0.240. The molecule has 2 aromatic heterocycles. The number of rotatable bonds is 9. The summed E-state index contributed by atoms with van der Waals surface area (Å²) >= 11 is 0. The van der Waals surface area contributed by atoms with Gasteiger partial charge in [0.15, 0.2) is 22.9 Å². The third-order valence-corrected chi connectivity index (χ3v) is 5.28. The molecule has 1 aromatic carbocycles. The van der Waals surface area contributed by atoms with Gasteiger partial charge in [0.1, 0.15) is 0 Å². The highest BCUT2D eigenvalue weighted by molar-refractivity contribution is 6.21. The molecule has 34 heavy (non-hydrogen) atoms. The summed E-state index contributed by atoms with van der Waals surface area (Å²) in [6.45, 7) is 2.56. The molecule has 0 fully saturated rings. The highest BCUT2D eigenvalue weighted by Crippen LogP contribution is 2.39. The smallest absolute Gasteiger partial charge is 0.347 e. The molecule has 1 aliphatic rings. The summed E-state index contributed by atoms with van der Waals surface area (Å²) in [5.41, 5.74) is 4.11. The van der Waals surface area contributed by atoms with Gasteiger partial charge in [0.05, 0.1) is 6.61 Å². The lowest BCUT2D eigenvalue weighted by atomic mass is 10.1. The number of fused-ring (bicyclic) bond motifs is 1. The second-order valence-corrected chi connectivity index (χ2v) is 7.77. The number of carbonyl (C=O) groups excluding carboxylic acids is 1. The largest absolute Gasteiger partial charge is 0.504 e. The first-order valence-corrected chi connectivity index (χ1v) is 10.9. The van der Waals surface area contributed by atoms with Crippen LogP contribution in [0.4, 0.5) is 17.4 Å². The van der Waals surface area contributed by atoms with Crippen molar-refractivity contribution in [3.05, 3.63) is 64.5 Å². The highest BCUT2D eigenvalue weighted by Gasteiger charge is 2.27. The molecule has 4 rings (SSSR count). The predicted molar refractivity (Wildman–Crippen MR) is 130 cm³/mol. The molecular formula is C25H26N4O5. The van der Waals surface area contributed by atoms with E-state index in [1.165, 1.54) is 0 Å². The number of furan rings is 1. The monoisotopic (exact) mass is 462 g/mol. The van der Waals surface area contributed by atoms with Gasteiger partial charge in [-0.25, -0.2) is 14.8 Å². The van der Waals surface area contributed by atoms with Crippen molar-refractivity contribution in [1.29, 1.82) is 0 Å². The summed E-state index contributed by atoms with van der Waals surface area (Å²) in [7, 11) is 1.88. The number of allylic oxidation sites excluding steroid dienone is 1. The maximum absolute atomic E-state index is 12.8. The highest BCUT2D eigenvalue weighted by atomic mass is 16.5. The predicted octanol–water partition coefficient (Wildman–Crippen LogP) is 3.95. The van der Waals surface area contributed by atoms with Crippen molar-refractivity contribution >= 4 is 41.2 Å². The number of hydrogen-bond acceptors (Lipinski definition) is 9. The zero-order valence-electron chi connectivity index (χ0n) is 19.0. The molecular weight excluding hydrogens is 436 g/mol. The SMILES string of the molecule is CNCc1ccc(Nc2oc(C=C3C=Nc4ncccc43)c(O)c2C(=O)OCCCO)c(C)c1. The van der Waals surface area contributed by atoms with Gasteiger partial charge in [0.25, 0.3) is 0 Å². The Labute approximate surface area is 196 Å². The van der Waals surface area contributed by atoms with Crippen LogP contribution in [0.1, 0.15) is 39.2 Å². The van der Waals surface area contributed by atoms with Crippen LogP contribution in [0.25, 0.3) is 11.6 Å². The fourth-order valence-corrected chi connectivity index (χ4v) is 3.60. The van der Waals surface area contributed by atoms with Crippen molar-refractivity contribution in [3.8, 4) is 5.75 Å². The number of aliphatic hydroxyl groups is 1. The van der Waals surface area contributed by atoms with Gasteiger partial charge in [-0.1, -0.05) is 12.1 Å². The van der Waals surface area contributed by atoms with E-state index < -0.39 is 5.97 Å². The molecule has 176 valence electrons. The molecule has 3 aromatic rings. The van der Waals surface area contributed by atoms with E-state index >= 15 is 0 Å². The first kappa shape index (κ1) is 23.2. The van der Waals surface area contributed by atoms with Crippen LogP contribution in [-0.4, -0.2) is 47.6 Å². The molecule has 4 N–H and O–H groups in total. The van der Waals surface area contributed by atoms with Crippen LogP contribution in [0, 0.1) is 6.92 Å². The second kappa shape index (κ2) is 10.3. The van der Waals surface area contributed by atoms with Crippen LogP contribution in [0.3, 0.4) is 0 Å². The van der Waals surface area contributed by atoms with Gasteiger partial charge in [-0.05, 0) is 49.4 Å². The van der Waals surface area contributed by atoms with Crippen molar-refractivity contribution < 1.29 is 24.2 Å². The van der Waals surface area contributed by atoms with Crippen LogP contribution >= 0.6 is 0 Å². The Hall–Kier alpha value is -3.95. The van der Waals surface area contributed by atoms with E-state index in [1.54, 1.807) is 24.6 Å². The van der Waals surface area contributed by atoms with E-state index in [0.717, 1.165) is 23.2 Å². The molecule has 0 spiro atoms. The first-order chi connectivity index (χ1) is 16.5. The third-order valence-electron chi connectivity index (χ3n) is 5.28. The minimum Gasteiger partial charge on any atom is -0.504 e. The maximum atomic E-state index is 12.8. The van der Waals surface area contributed by atoms with Crippen molar-refractivity contribution in [2.24, 2.45) is 4.99 Å². The minimum absolute atomic E-state index is 0.0132. The molecule has 0 bridgehead atoms. The van der Waals surface area contributed by atoms with Crippen molar-refractivity contribution in [2.75, 3.05) is 25.6 Å². The number of aromatic hydroxyl groups is 1. The molecule has 9 nitrogen and oxygen atoms in total. The van der Waals surface area contributed by atoms with E-state index in [-0.39, 0.29) is 42.6 Å². The van der Waals surface area contributed by atoms with Crippen LogP contribution in [0.2, 0.25) is 0 Å². The quantitative estimate of drug-likeness (QED) is 0.278. The van der Waals surface area contributed by atoms with Crippen LogP contribution < -0.4 is 10.6 Å². The number of benzene rings is 1. The Morgan fingerprint density at radius 2 is 2.15 bits per heavy atom. The number of hydrogen-bond donors (Lipinski definition) is 4. The molecule has 0 atom stereocenters. The number of aromatic nitrogens is 1. The molecule has 0 radical (unpaired) electrons. The van der Waals surface area contributed by atoms with E-state index in [4.69, 9.17) is 14.3 Å². The lowest BCUT2D eigenvalue weighted by Crippen LogP contribution is -2.09. The Morgan fingerprint density at radius 3 is 2.91 bits per heavy atom. The Balaban J connectivity index is 1.71. The second-order valence-electron chi connectivity index (χ2n) is 7.77. The summed E-state index contributed by atoms with van der Waals surface area (Å²) in [5.74, 6) is -0.393. The lowest BCUT2D eigenvalue weighted by Gasteiger charge is -2.11. The van der Waals surface area contributed by atoms with Crippen LogP contribution in [0.15, 0.2) is 45.9 Å². The summed E-state index contributed by atoms with van der Waals surface area (Å²) in [4.78, 5) is 21.3. The Bertz CT molecular complexity index is 1260. The number of pyridine rings is 1. The minimum atomic E-state index is -0.756. The average molecular weight is 463 g/mol. The van der Waals surface area contributed by atoms with Crippen molar-refractivity contribution in [2.45, 2.75) is 19.9 Å². The topological polar surface area (TPSA) is 129 Å². The summed E-state index contributed by atoms with van der Waals surface area (Å²) in [6.07, 6.45) is 5.16. The van der Waals surface area contributed by atoms with E-state index in [0.29, 0.717) is 17.1 Å². The van der Waals surface area contributed by atoms with Gasteiger partial charge in [-0.3, -0.25) is 0 Å². The van der Waals surface area contributed by atoms with Crippen LogP contribution in [0.5, 0.6) is 5.75 Å². The summed E-state index contributed by atoms with van der Waals surface area (Å²) in [5, 5.41) is 26.1. The van der Waals surface area contributed by atoms with Crippen molar-refractivity contribution in [1.82, 2.24) is 10.3 Å². The maximum Gasteiger partial charge on any atom is 0.347 e. The molecule has 1 aliphatic heterocycles. The van der Waals surface area contributed by atoms with E-state index in [1.807, 2.05) is 38.2 Å². The molecule has 0 unspecified atom stereocenters. The number of esters is 1. The van der Waals surface area contributed by atoms with Gasteiger partial charge in [-0.15, -0.1) is 0 Å². The van der Waals surface area contributed by atoms with Crippen molar-refractivity contribution in [3.63, 3.8) is 0 Å². The number of aryl methyl sites for hydroxylation is 1. The number of anilines is 2. The normalized spacial score (nSPS) is 13.3. The number of aliphatic imine (C=N–C) groups is 1. The zero-order chi connectivity index (χ0) is 24.1. The summed E-state index contributed by atoms with van der Waals surface area (Å²) in [6, 6.07) is 9.51. The average Bonchev–Trinajstić information content (AvgIpc) is 3.37. The third kappa shape index (κ3) is 4.85. The summed E-state index contributed by atoms with van der Waals surface area (Å²) < 4.78 is 11.1. The molecule has 0 amide bonds. The Kier molecular flexibility index (Phi) is 7.05. The standard InChI is InChI=1S/C25H26N4O5/c1-15-11-16(13-26-2)6-7-19(15)29-24-21(25(32)33-10-4-9-30)22(31)20(34-24)12-17-14-28-23-18(17)5-3-8-27-23/h3,5-8,11-12,14,26,29-31H,4,9-10,13H2,1-2H3. The van der Waals surface area contributed by atoms with Gasteiger partial charge >= 0.3 is 5.97 Å². The van der Waals surface area contributed by atoms with Gasteiger partial charge in [0.2, 0.25) is 5.88 Å². The molecule has 9 heteroatoms. The van der Waals surface area contributed by atoms with Gasteiger partial charge in [-0.2, -0.15) is 0 Å². The molecule has 0 saturated carbocycles. The van der Waals surface area contributed by atoms with Gasteiger partial charge in [0, 0.05) is 48.8 Å². The van der Waals surface area contributed by atoms with E-state index in [2.05, 4.69) is 20.6 Å². The van der Waals surface area contributed by atoms with Crippen LogP contribution in [-0.2, 0) is 11.3 Å². The fourth-order valence-electron chi connectivity index (χ4n) is 3.60. The number of nitrogens with zero attached hydrogens (tertiary/aromatic N) is 2. The zero-order valence-corrected chi connectivity index (χ0v) is 19.0. The first-order valence-electron chi connectivity index (χ1n) is 10.9. The molecule has 0 aliphatic carbocycles. The number of carbonyl (C=O) groups is 1. The Morgan fingerprint density at radius 1 is 1.29 bits per heavy atom. The number of nitrogens with one attached hydrogen (secondary N) is 2.